The number of anilines is 1. The number of aliphatic hydroxyl groups is 1. The molecule has 0 saturated carbocycles. The summed E-state index contributed by atoms with van der Waals surface area (Å²) in [5.74, 6) is 6.52. The third-order valence-corrected chi connectivity index (χ3v) is 5.81. The number of hydrogen-bond donors (Lipinski definition) is 4. The second-order valence-electron chi connectivity index (χ2n) is 7.58. The van der Waals surface area contributed by atoms with Crippen molar-refractivity contribution < 1.29 is 5.11 Å². The molecule has 0 saturated heterocycles. The van der Waals surface area contributed by atoms with Crippen molar-refractivity contribution in [1.29, 1.82) is 0 Å². The molecule has 2 unspecified atom stereocenters. The standard InChI is InChI=1S/C26H35N5OS/c1-5-7-8-9-11-19(3)16-22(27)17-29-26-24-23(21(18-33-24)12-10-15-32)30-25(31-26)20(4)13-14-28-6-2/h7-9,11,13-14,18,22,26,29,32H,3,5-6,15-17,27H2,1-2,4H3,(H,30,31)/b8-7-,11-9-,20-13+,28-14?. The van der Waals surface area contributed by atoms with E-state index in [4.69, 9.17) is 15.8 Å². The summed E-state index contributed by atoms with van der Waals surface area (Å²) in [7, 11) is 0. The molecule has 0 aromatic carbocycles. The molecule has 2 atom stereocenters. The number of fused-ring (bicyclic) bond motifs is 1. The van der Waals surface area contributed by atoms with E-state index in [1.54, 1.807) is 17.6 Å². The third kappa shape index (κ3) is 8.60. The minimum atomic E-state index is -0.236. The second kappa shape index (κ2) is 14.4. The van der Waals surface area contributed by atoms with Crippen molar-refractivity contribution >= 4 is 29.1 Å². The SMILES string of the molecule is C=C(/C=C\C=C/CC)CC(N)CNC1N=C(/C(C)=C/C=NCC)Nc2c(C#CCO)csc21. The Hall–Kier alpha value is -2.76. The first-order valence-corrected chi connectivity index (χ1v) is 12.1. The van der Waals surface area contributed by atoms with E-state index in [1.165, 1.54) is 0 Å². The van der Waals surface area contributed by atoms with Crippen molar-refractivity contribution in [3.05, 3.63) is 63.9 Å². The Morgan fingerprint density at radius 3 is 3.00 bits per heavy atom. The maximum Gasteiger partial charge on any atom is 0.139 e. The molecule has 0 amide bonds. The van der Waals surface area contributed by atoms with Crippen molar-refractivity contribution in [2.75, 3.05) is 25.0 Å². The molecule has 0 radical (unpaired) electrons. The van der Waals surface area contributed by atoms with Crippen molar-refractivity contribution in [1.82, 2.24) is 5.32 Å². The van der Waals surface area contributed by atoms with E-state index in [1.807, 2.05) is 43.5 Å². The molecule has 1 aliphatic rings. The number of amidine groups is 1. The first-order chi connectivity index (χ1) is 16.0. The summed E-state index contributed by atoms with van der Waals surface area (Å²) in [4.78, 5) is 10.2. The summed E-state index contributed by atoms with van der Waals surface area (Å²) in [6.07, 6.45) is 13.3. The van der Waals surface area contributed by atoms with Crippen LogP contribution in [0.3, 0.4) is 0 Å². The van der Waals surface area contributed by atoms with Crippen molar-refractivity contribution in [2.24, 2.45) is 15.7 Å². The number of nitrogens with two attached hydrogens (primary N) is 1. The van der Waals surface area contributed by atoms with Gasteiger partial charge in [0, 0.05) is 30.7 Å². The van der Waals surface area contributed by atoms with E-state index < -0.39 is 0 Å². The maximum absolute atomic E-state index is 9.10. The Bertz CT molecular complexity index is 1000. The number of allylic oxidation sites excluding steroid dienone is 5. The number of hydrogen-bond acceptors (Lipinski definition) is 7. The molecule has 33 heavy (non-hydrogen) atoms. The van der Waals surface area contributed by atoms with Crippen molar-refractivity contribution in [2.45, 2.75) is 45.8 Å². The van der Waals surface area contributed by atoms with E-state index in [0.717, 1.165) is 46.1 Å². The molecule has 176 valence electrons. The smallest absolute Gasteiger partial charge is 0.139 e. The average molecular weight is 466 g/mol. The Labute approximate surface area is 201 Å². The van der Waals surface area contributed by atoms with Crippen molar-refractivity contribution in [3.63, 3.8) is 0 Å². The van der Waals surface area contributed by atoms with E-state index in [0.29, 0.717) is 13.0 Å². The molecule has 1 aliphatic heterocycles. The zero-order valence-corrected chi connectivity index (χ0v) is 20.6. The van der Waals surface area contributed by atoms with Crippen LogP contribution in [0.2, 0.25) is 0 Å². The van der Waals surface area contributed by atoms with E-state index in [2.05, 4.69) is 47.0 Å². The van der Waals surface area contributed by atoms with Gasteiger partial charge in [-0.3, -0.25) is 10.3 Å². The van der Waals surface area contributed by atoms with Crippen LogP contribution in [0.15, 0.2) is 63.5 Å². The largest absolute Gasteiger partial charge is 0.384 e. The number of aliphatic imine (C=N–C) groups is 2. The van der Waals surface area contributed by atoms with Gasteiger partial charge < -0.3 is 16.2 Å². The van der Waals surface area contributed by atoms with Gasteiger partial charge in [-0.05, 0) is 38.3 Å². The van der Waals surface area contributed by atoms with Gasteiger partial charge >= 0.3 is 0 Å². The third-order valence-electron chi connectivity index (χ3n) is 4.77. The lowest BCUT2D eigenvalue weighted by molar-refractivity contribution is 0.350. The van der Waals surface area contributed by atoms with Gasteiger partial charge in [0.1, 0.15) is 18.6 Å². The predicted octanol–water partition coefficient (Wildman–Crippen LogP) is 4.34. The molecule has 1 aromatic heterocycles. The van der Waals surface area contributed by atoms with Crippen LogP contribution in [0.25, 0.3) is 0 Å². The predicted molar refractivity (Wildman–Crippen MR) is 143 cm³/mol. The molecule has 0 bridgehead atoms. The number of nitrogens with zero attached hydrogens (tertiary/aromatic N) is 2. The van der Waals surface area contributed by atoms with Crippen LogP contribution in [-0.2, 0) is 0 Å². The minimum Gasteiger partial charge on any atom is -0.384 e. The van der Waals surface area contributed by atoms with Gasteiger partial charge in [-0.25, -0.2) is 4.99 Å². The molecule has 2 rings (SSSR count). The first kappa shape index (κ1) is 26.5. The summed E-state index contributed by atoms with van der Waals surface area (Å²) in [5, 5.41) is 18.0. The molecule has 7 heteroatoms. The van der Waals surface area contributed by atoms with Crippen LogP contribution in [0.5, 0.6) is 0 Å². The zero-order valence-electron chi connectivity index (χ0n) is 19.8. The van der Waals surface area contributed by atoms with Gasteiger partial charge in [-0.15, -0.1) is 11.3 Å². The Morgan fingerprint density at radius 2 is 2.27 bits per heavy atom. The molecule has 5 N–H and O–H groups in total. The highest BCUT2D eigenvalue weighted by atomic mass is 32.1. The maximum atomic E-state index is 9.10. The van der Waals surface area contributed by atoms with Crippen LogP contribution in [0.1, 0.15) is 50.2 Å². The average Bonchev–Trinajstić information content (AvgIpc) is 3.22. The van der Waals surface area contributed by atoms with Crippen LogP contribution >= 0.6 is 11.3 Å². The molecule has 0 spiro atoms. The molecular formula is C26H35N5OS. The normalized spacial score (nSPS) is 17.1. The Morgan fingerprint density at radius 1 is 1.45 bits per heavy atom. The Balaban J connectivity index is 2.16. The fourth-order valence-electron chi connectivity index (χ4n) is 3.10. The van der Waals surface area contributed by atoms with E-state index >= 15 is 0 Å². The topological polar surface area (TPSA) is 95.0 Å². The molecule has 0 fully saturated rings. The zero-order chi connectivity index (χ0) is 24.1. The van der Waals surface area contributed by atoms with Crippen molar-refractivity contribution in [3.8, 4) is 11.8 Å². The number of nitrogens with one attached hydrogen (secondary N) is 2. The number of rotatable bonds is 11. The highest BCUT2D eigenvalue weighted by molar-refractivity contribution is 7.11. The summed E-state index contributed by atoms with van der Waals surface area (Å²) in [6.45, 7) is 11.3. The highest BCUT2D eigenvalue weighted by Gasteiger charge is 2.26. The van der Waals surface area contributed by atoms with Crippen LogP contribution in [0.4, 0.5) is 5.69 Å². The number of aliphatic hydroxyl groups excluding tert-OH is 1. The first-order valence-electron chi connectivity index (χ1n) is 11.2. The number of thiophene rings is 1. The van der Waals surface area contributed by atoms with Gasteiger partial charge in [0.25, 0.3) is 0 Å². The van der Waals surface area contributed by atoms with Gasteiger partial charge in [0.05, 0.1) is 16.1 Å². The summed E-state index contributed by atoms with van der Waals surface area (Å²) < 4.78 is 0. The quantitative estimate of drug-likeness (QED) is 0.222. The molecule has 2 heterocycles. The molecule has 6 nitrogen and oxygen atoms in total. The highest BCUT2D eigenvalue weighted by Crippen LogP contribution is 2.37. The molecular weight excluding hydrogens is 430 g/mol. The monoisotopic (exact) mass is 465 g/mol. The van der Waals surface area contributed by atoms with Gasteiger partial charge in [-0.2, -0.15) is 0 Å². The van der Waals surface area contributed by atoms with Crippen LogP contribution in [-0.4, -0.2) is 42.9 Å². The van der Waals surface area contributed by atoms with Gasteiger partial charge in [0.15, 0.2) is 0 Å². The minimum absolute atomic E-state index is 0.0868. The van der Waals surface area contributed by atoms with E-state index in [9.17, 15) is 0 Å². The molecule has 0 aliphatic carbocycles. The fourth-order valence-corrected chi connectivity index (χ4v) is 4.07. The van der Waals surface area contributed by atoms with Crippen LogP contribution < -0.4 is 16.4 Å². The second-order valence-corrected chi connectivity index (χ2v) is 8.49. The van der Waals surface area contributed by atoms with Gasteiger partial charge in [-0.1, -0.05) is 55.2 Å². The van der Waals surface area contributed by atoms with Gasteiger partial charge in [0.2, 0.25) is 0 Å². The lowest BCUT2D eigenvalue weighted by atomic mass is 10.1. The van der Waals surface area contributed by atoms with E-state index in [-0.39, 0.29) is 18.8 Å². The summed E-state index contributed by atoms with van der Waals surface area (Å²) in [6, 6.07) is -0.0868. The molecule has 1 aromatic rings. The lowest BCUT2D eigenvalue weighted by Gasteiger charge is -2.25. The Kier molecular flexibility index (Phi) is 11.6. The van der Waals surface area contributed by atoms with Crippen LogP contribution in [0, 0.1) is 11.8 Å². The lowest BCUT2D eigenvalue weighted by Crippen LogP contribution is -2.37. The summed E-state index contributed by atoms with van der Waals surface area (Å²) >= 11 is 1.59. The fraction of sp³-hybridized carbons (Fsp3) is 0.385. The summed E-state index contributed by atoms with van der Waals surface area (Å²) in [5.41, 5.74) is 10.1.